The molecule has 1 unspecified atom stereocenters. The maximum Gasteiger partial charge on any atom is 0.270 e. The minimum Gasteiger partial charge on any atom is -0.384 e. The Hall–Kier alpha value is -2.16. The van der Waals surface area contributed by atoms with Crippen LogP contribution in [-0.2, 0) is 9.84 Å². The number of hydrogen-bond donors (Lipinski definition) is 2. The second kappa shape index (κ2) is 6.30. The Kier molecular flexibility index (Phi) is 4.65. The first-order valence-electron chi connectivity index (χ1n) is 6.77. The van der Waals surface area contributed by atoms with Gasteiger partial charge in [-0.15, -0.1) is 0 Å². The number of nitro groups is 1. The maximum absolute atomic E-state index is 11.8. The van der Waals surface area contributed by atoms with Gasteiger partial charge >= 0.3 is 0 Å². The summed E-state index contributed by atoms with van der Waals surface area (Å²) in [5, 5.41) is 16.3. The number of nitrogens with zero attached hydrogens (tertiary/aromatic N) is 1. The van der Waals surface area contributed by atoms with E-state index in [1.54, 1.807) is 0 Å². The number of rotatable bonds is 5. The Bertz CT molecular complexity index is 702. The predicted molar refractivity (Wildman–Crippen MR) is 81.7 cm³/mol. The van der Waals surface area contributed by atoms with Gasteiger partial charge in [0, 0.05) is 31.4 Å². The second-order valence-corrected chi connectivity index (χ2v) is 7.44. The Morgan fingerprint density at radius 3 is 2.73 bits per heavy atom. The van der Waals surface area contributed by atoms with Crippen molar-refractivity contribution < 1.29 is 18.1 Å². The number of carbonyl (C=O) groups excluding carboxylic acids is 1. The van der Waals surface area contributed by atoms with Gasteiger partial charge in [-0.25, -0.2) is 8.42 Å². The van der Waals surface area contributed by atoms with E-state index in [0.717, 1.165) is 0 Å². The van der Waals surface area contributed by atoms with Crippen LogP contribution in [-0.4, -0.2) is 44.3 Å². The van der Waals surface area contributed by atoms with Crippen molar-refractivity contribution in [1.29, 1.82) is 0 Å². The molecule has 0 saturated carbocycles. The zero-order chi connectivity index (χ0) is 16.3. The van der Waals surface area contributed by atoms with Crippen LogP contribution in [0.2, 0.25) is 0 Å². The number of hydrogen-bond acceptors (Lipinski definition) is 6. The maximum atomic E-state index is 11.8. The topological polar surface area (TPSA) is 118 Å². The second-order valence-electron chi connectivity index (χ2n) is 5.22. The van der Waals surface area contributed by atoms with Crippen molar-refractivity contribution in [3.8, 4) is 0 Å². The number of amides is 1. The van der Waals surface area contributed by atoms with Crippen molar-refractivity contribution in [2.75, 3.05) is 30.4 Å². The molecule has 1 aliphatic rings. The van der Waals surface area contributed by atoms with E-state index in [2.05, 4.69) is 10.6 Å². The van der Waals surface area contributed by atoms with Crippen molar-refractivity contribution in [2.24, 2.45) is 5.92 Å². The molecule has 1 aromatic carbocycles. The lowest BCUT2D eigenvalue weighted by Gasteiger charge is -2.14. The van der Waals surface area contributed by atoms with Crippen LogP contribution in [0.3, 0.4) is 0 Å². The third-order valence-corrected chi connectivity index (χ3v) is 5.43. The van der Waals surface area contributed by atoms with Gasteiger partial charge in [-0.05, 0) is 18.4 Å². The van der Waals surface area contributed by atoms with E-state index in [0.29, 0.717) is 18.7 Å². The van der Waals surface area contributed by atoms with E-state index in [9.17, 15) is 23.3 Å². The van der Waals surface area contributed by atoms with Gasteiger partial charge in [0.25, 0.3) is 11.6 Å². The number of benzene rings is 1. The molecule has 8 nitrogen and oxygen atoms in total. The predicted octanol–water partition coefficient (Wildman–Crippen LogP) is 0.801. The highest BCUT2D eigenvalue weighted by Gasteiger charge is 2.28. The molecular formula is C13H17N3O5S. The van der Waals surface area contributed by atoms with Crippen molar-refractivity contribution in [3.05, 3.63) is 33.9 Å². The molecule has 1 heterocycles. The SMILES string of the molecule is CNC(=O)c1cc([N+](=O)[O-])ccc1NCC1CCS(=O)(=O)C1. The van der Waals surface area contributed by atoms with Gasteiger partial charge in [0.05, 0.1) is 22.0 Å². The molecule has 1 amide bonds. The van der Waals surface area contributed by atoms with Crippen molar-refractivity contribution in [2.45, 2.75) is 6.42 Å². The van der Waals surface area contributed by atoms with Crippen LogP contribution < -0.4 is 10.6 Å². The molecule has 9 heteroatoms. The Balaban J connectivity index is 2.16. The fraction of sp³-hybridized carbons (Fsp3) is 0.462. The first kappa shape index (κ1) is 16.2. The molecule has 1 fully saturated rings. The summed E-state index contributed by atoms with van der Waals surface area (Å²) in [7, 11) is -1.52. The number of nitrogens with one attached hydrogen (secondary N) is 2. The number of sulfone groups is 1. The van der Waals surface area contributed by atoms with Crippen LogP contribution in [0.5, 0.6) is 0 Å². The fourth-order valence-corrected chi connectivity index (χ4v) is 4.27. The Labute approximate surface area is 128 Å². The van der Waals surface area contributed by atoms with Gasteiger partial charge < -0.3 is 10.6 Å². The monoisotopic (exact) mass is 327 g/mol. The number of non-ortho nitro benzene ring substituents is 1. The average molecular weight is 327 g/mol. The summed E-state index contributed by atoms with van der Waals surface area (Å²) >= 11 is 0. The molecule has 1 atom stereocenters. The summed E-state index contributed by atoms with van der Waals surface area (Å²) in [5.74, 6) is -0.146. The van der Waals surface area contributed by atoms with E-state index in [4.69, 9.17) is 0 Å². The fourth-order valence-electron chi connectivity index (χ4n) is 2.41. The number of anilines is 1. The summed E-state index contributed by atoms with van der Waals surface area (Å²) in [4.78, 5) is 22.1. The zero-order valence-corrected chi connectivity index (χ0v) is 12.9. The molecule has 1 aliphatic heterocycles. The summed E-state index contributed by atoms with van der Waals surface area (Å²) in [6, 6.07) is 3.97. The molecule has 22 heavy (non-hydrogen) atoms. The molecule has 2 N–H and O–H groups in total. The standard InChI is InChI=1S/C13H17N3O5S/c1-14-13(17)11-6-10(16(18)19)2-3-12(11)15-7-9-4-5-22(20,21)8-9/h2-3,6,9,15H,4-5,7-8H2,1H3,(H,14,17). The minimum absolute atomic E-state index is 0.0160. The number of carbonyl (C=O) groups is 1. The zero-order valence-electron chi connectivity index (χ0n) is 12.0. The lowest BCUT2D eigenvalue weighted by Crippen LogP contribution is -2.22. The van der Waals surface area contributed by atoms with E-state index in [1.165, 1.54) is 25.2 Å². The number of nitro benzene ring substituents is 1. The summed E-state index contributed by atoms with van der Waals surface area (Å²) in [6.07, 6.45) is 0.581. The highest BCUT2D eigenvalue weighted by molar-refractivity contribution is 7.91. The molecular weight excluding hydrogens is 310 g/mol. The lowest BCUT2D eigenvalue weighted by atomic mass is 10.1. The van der Waals surface area contributed by atoms with Gasteiger partial charge in [0.2, 0.25) is 0 Å². The largest absolute Gasteiger partial charge is 0.384 e. The highest BCUT2D eigenvalue weighted by Crippen LogP contribution is 2.24. The normalized spacial score (nSPS) is 19.6. The van der Waals surface area contributed by atoms with Crippen LogP contribution in [0, 0.1) is 16.0 Å². The molecule has 1 aromatic rings. The van der Waals surface area contributed by atoms with Crippen LogP contribution in [0.1, 0.15) is 16.8 Å². The molecule has 1 saturated heterocycles. The van der Waals surface area contributed by atoms with Gasteiger partial charge in [-0.2, -0.15) is 0 Å². The van der Waals surface area contributed by atoms with E-state index < -0.39 is 20.7 Å². The van der Waals surface area contributed by atoms with Crippen LogP contribution >= 0.6 is 0 Å². The van der Waals surface area contributed by atoms with E-state index in [-0.39, 0.29) is 28.7 Å². The van der Waals surface area contributed by atoms with Crippen LogP contribution in [0.25, 0.3) is 0 Å². The Morgan fingerprint density at radius 2 is 2.18 bits per heavy atom. The molecule has 0 aromatic heterocycles. The average Bonchev–Trinajstić information content (AvgIpc) is 2.83. The molecule has 2 rings (SSSR count). The summed E-state index contributed by atoms with van der Waals surface area (Å²) in [6.45, 7) is 0.404. The summed E-state index contributed by atoms with van der Waals surface area (Å²) in [5.41, 5.74) is 0.444. The van der Waals surface area contributed by atoms with Crippen molar-refractivity contribution >= 4 is 27.1 Å². The van der Waals surface area contributed by atoms with Gasteiger partial charge in [-0.3, -0.25) is 14.9 Å². The smallest absolute Gasteiger partial charge is 0.270 e. The van der Waals surface area contributed by atoms with E-state index in [1.807, 2.05) is 0 Å². The molecule has 0 spiro atoms. The molecule has 0 bridgehead atoms. The third kappa shape index (κ3) is 3.73. The first-order valence-corrected chi connectivity index (χ1v) is 8.59. The van der Waals surface area contributed by atoms with Gasteiger partial charge in [-0.1, -0.05) is 0 Å². The summed E-state index contributed by atoms with van der Waals surface area (Å²) < 4.78 is 22.9. The van der Waals surface area contributed by atoms with Crippen LogP contribution in [0.4, 0.5) is 11.4 Å². The van der Waals surface area contributed by atoms with Crippen molar-refractivity contribution in [1.82, 2.24) is 5.32 Å². The van der Waals surface area contributed by atoms with Crippen molar-refractivity contribution in [3.63, 3.8) is 0 Å². The minimum atomic E-state index is -2.96. The van der Waals surface area contributed by atoms with E-state index >= 15 is 0 Å². The van der Waals surface area contributed by atoms with Gasteiger partial charge in [0.15, 0.2) is 9.84 Å². The highest BCUT2D eigenvalue weighted by atomic mass is 32.2. The quantitative estimate of drug-likeness (QED) is 0.610. The third-order valence-electron chi connectivity index (χ3n) is 3.59. The lowest BCUT2D eigenvalue weighted by molar-refractivity contribution is -0.384. The van der Waals surface area contributed by atoms with Crippen LogP contribution in [0.15, 0.2) is 18.2 Å². The Morgan fingerprint density at radius 1 is 1.45 bits per heavy atom. The first-order chi connectivity index (χ1) is 10.3. The van der Waals surface area contributed by atoms with Gasteiger partial charge in [0.1, 0.15) is 0 Å². The molecule has 0 aliphatic carbocycles. The molecule has 0 radical (unpaired) electrons. The molecule has 120 valence electrons.